The average Bonchev–Trinajstić information content (AvgIpc) is 1.56. The van der Waals surface area contributed by atoms with Gasteiger partial charge in [0.2, 0.25) is 11.6 Å². The number of Topliss-reactive ketones (excluding diaryl/α,β-unsaturated/α-hetero) is 2. The van der Waals surface area contributed by atoms with Gasteiger partial charge in [-0.3, -0.25) is 19.2 Å². The standard InChI is InChI=1S/C97H90F14N4O11/c1-11-14-24-60(12-2)48-114-79-37-33-63(88(118)84(112-125-58(9)116)70-31-22-23-32-81(70)123-50-93(100,101)97(110,111)96(108,109)92(98)99)43-73(79)75-46-77(66-27-18-20-29-68(66)86(75)114)90(120)72-42-54(5)62(41-55(72)6)26-17-15-16-25-61(13-3)49-115-80-38-34-64(89(119)85(113-126-59(10)117)71-36-35-65(122-51-94(102,103)104)45-82(71)124-52-95(105,106)107)44-74(80)76-47-78(67-28-19-21-30-69(67)87(76)115)91(121)83-56(7)39-53(4)40-57(83)8/h18-23,27-47,60-61,92H,11-17,24-26,48-52H2,1-10H3/b112-84+,113-85+. The van der Waals surface area contributed by atoms with Crippen LogP contribution in [0.1, 0.15) is 189 Å². The van der Waals surface area contributed by atoms with E-state index >= 15 is 19.2 Å². The van der Waals surface area contributed by atoms with Crippen LogP contribution in [0.4, 0.5) is 61.5 Å². The molecule has 0 N–H and O–H groups in total. The van der Waals surface area contributed by atoms with E-state index in [-0.39, 0.29) is 34.5 Å². The summed E-state index contributed by atoms with van der Waals surface area (Å²) >= 11 is 0. The van der Waals surface area contributed by atoms with Crippen LogP contribution >= 0.6 is 0 Å². The maximum atomic E-state index is 15.6. The summed E-state index contributed by atoms with van der Waals surface area (Å²) in [5.41, 5.74) is 6.50. The molecule has 0 aliphatic carbocycles. The van der Waals surface area contributed by atoms with Crippen molar-refractivity contribution in [3.63, 3.8) is 0 Å². The molecule has 10 aromatic carbocycles. The summed E-state index contributed by atoms with van der Waals surface area (Å²) in [5, 5.41) is 12.3. The molecule has 0 aliphatic heterocycles. The molecule has 0 fully saturated rings. The normalized spacial score (nSPS) is 13.2. The van der Waals surface area contributed by atoms with Gasteiger partial charge in [0, 0.05) is 115 Å². The minimum Gasteiger partial charge on any atom is -0.486 e. The maximum absolute atomic E-state index is 15.6. The van der Waals surface area contributed by atoms with Crippen molar-refractivity contribution in [2.45, 2.75) is 183 Å². The molecular formula is C97H90F14N4O11. The van der Waals surface area contributed by atoms with Gasteiger partial charge in [0.15, 0.2) is 42.8 Å². The van der Waals surface area contributed by atoms with Crippen LogP contribution in [0.3, 0.4) is 0 Å². The van der Waals surface area contributed by atoms with Crippen molar-refractivity contribution in [1.82, 2.24) is 9.13 Å². The second-order valence-corrected chi connectivity index (χ2v) is 31.9. The number of hydrogen-bond donors (Lipinski definition) is 0. The van der Waals surface area contributed by atoms with E-state index in [0.717, 1.165) is 140 Å². The number of ketones is 4. The van der Waals surface area contributed by atoms with Crippen molar-refractivity contribution in [3.8, 4) is 17.2 Å². The van der Waals surface area contributed by atoms with Crippen molar-refractivity contribution in [2.24, 2.45) is 22.1 Å². The molecule has 0 radical (unpaired) electrons. The van der Waals surface area contributed by atoms with Gasteiger partial charge in [-0.15, -0.1) is 0 Å². The molecule has 0 saturated carbocycles. The number of alkyl halides is 14. The largest absolute Gasteiger partial charge is 0.486 e. The Morgan fingerprint density at radius 2 is 0.897 bits per heavy atom. The Labute approximate surface area is 715 Å². The fourth-order valence-electron chi connectivity index (χ4n) is 16.5. The number of ether oxygens (including phenoxy) is 3. The van der Waals surface area contributed by atoms with Crippen LogP contribution in [-0.4, -0.2) is 112 Å². The van der Waals surface area contributed by atoms with Gasteiger partial charge in [0.25, 0.3) is 0 Å². The third-order valence-corrected chi connectivity index (χ3v) is 22.8. The first-order valence-corrected chi connectivity index (χ1v) is 41.1. The van der Waals surface area contributed by atoms with Crippen molar-refractivity contribution in [1.29, 1.82) is 0 Å². The van der Waals surface area contributed by atoms with E-state index in [9.17, 15) is 71.1 Å². The number of aryl methyl sites for hydroxylation is 6. The highest BCUT2D eigenvalue weighted by molar-refractivity contribution is 6.53. The fraction of sp³-hybridized carbons (Fsp3) is 0.340. The van der Waals surface area contributed by atoms with Crippen LogP contribution in [0.2, 0.25) is 0 Å². The van der Waals surface area contributed by atoms with Crippen LogP contribution in [0.5, 0.6) is 17.2 Å². The predicted octanol–water partition coefficient (Wildman–Crippen LogP) is 25.0. The number of aromatic nitrogens is 2. The van der Waals surface area contributed by atoms with Crippen molar-refractivity contribution < 1.29 is 114 Å². The molecule has 2 atom stereocenters. The summed E-state index contributed by atoms with van der Waals surface area (Å²) in [5.74, 6) is -25.7. The molecule has 662 valence electrons. The Morgan fingerprint density at radius 1 is 0.421 bits per heavy atom. The van der Waals surface area contributed by atoms with Gasteiger partial charge in [-0.1, -0.05) is 154 Å². The van der Waals surface area contributed by atoms with E-state index in [1.165, 1.54) is 24.3 Å². The fourth-order valence-corrected chi connectivity index (χ4v) is 16.5. The Hall–Kier alpha value is -12.3. The molecule has 12 aromatic rings. The number of para-hydroxylation sites is 1. The van der Waals surface area contributed by atoms with Crippen molar-refractivity contribution in [3.05, 3.63) is 242 Å². The molecular weight excluding hydrogens is 1660 g/mol. The molecule has 0 amide bonds. The zero-order chi connectivity index (χ0) is 91.4. The number of carbonyl (C=O) groups excluding carboxylic acids is 6. The summed E-state index contributed by atoms with van der Waals surface area (Å²) in [6.07, 6.45) is -7.05. The number of carbonyl (C=O) groups is 6. The molecule has 2 heterocycles. The Bertz CT molecular complexity index is 6280. The minimum atomic E-state index is -6.62. The van der Waals surface area contributed by atoms with Gasteiger partial charge in [0.05, 0.1) is 16.6 Å². The maximum Gasteiger partial charge on any atom is 0.422 e. The summed E-state index contributed by atoms with van der Waals surface area (Å²) in [7, 11) is 0. The number of benzene rings is 10. The smallest absolute Gasteiger partial charge is 0.422 e. The van der Waals surface area contributed by atoms with Crippen LogP contribution in [0.25, 0.3) is 65.2 Å². The quantitative estimate of drug-likeness (QED) is 0.00902. The Kier molecular flexibility index (Phi) is 27.9. The van der Waals surface area contributed by atoms with E-state index in [1.807, 2.05) is 107 Å². The van der Waals surface area contributed by atoms with E-state index < -0.39 is 120 Å². The first kappa shape index (κ1) is 92.9. The van der Waals surface area contributed by atoms with Crippen molar-refractivity contribution >= 4 is 112 Å². The zero-order valence-electron chi connectivity index (χ0n) is 70.5. The average molecular weight is 1750 g/mol. The number of rotatable bonds is 37. The minimum absolute atomic E-state index is 0.0349. The highest BCUT2D eigenvalue weighted by Crippen LogP contribution is 2.50. The van der Waals surface area contributed by atoms with Gasteiger partial charge in [-0.05, 0) is 190 Å². The third kappa shape index (κ3) is 19.7. The van der Waals surface area contributed by atoms with E-state index in [1.54, 1.807) is 30.3 Å². The topological polar surface area (TPSA) is 183 Å². The lowest BCUT2D eigenvalue weighted by Gasteiger charge is -2.32. The first-order chi connectivity index (χ1) is 59.6. The molecule has 0 aliphatic rings. The lowest BCUT2D eigenvalue weighted by atomic mass is 9.89. The molecule has 2 unspecified atom stereocenters. The van der Waals surface area contributed by atoms with Crippen LogP contribution in [-0.2, 0) is 38.8 Å². The number of fused-ring (bicyclic) bond motifs is 10. The molecule has 0 saturated heterocycles. The van der Waals surface area contributed by atoms with Crippen LogP contribution in [0.15, 0.2) is 174 Å². The number of oxime groups is 2. The molecule has 0 spiro atoms. The molecule has 12 rings (SSSR count). The number of hydrogen-bond acceptors (Lipinski definition) is 13. The molecule has 2 aromatic heterocycles. The molecule has 29 heteroatoms. The summed E-state index contributed by atoms with van der Waals surface area (Å²) in [6.45, 7) is 12.2. The van der Waals surface area contributed by atoms with Gasteiger partial charge >= 0.3 is 48.5 Å². The lowest BCUT2D eigenvalue weighted by molar-refractivity contribution is -0.342. The van der Waals surface area contributed by atoms with E-state index in [4.69, 9.17) is 23.9 Å². The molecule has 15 nitrogen and oxygen atoms in total. The highest BCUT2D eigenvalue weighted by atomic mass is 19.4. The van der Waals surface area contributed by atoms with E-state index in [2.05, 4.69) is 40.2 Å². The second kappa shape index (κ2) is 37.9. The second-order valence-electron chi connectivity index (χ2n) is 31.9. The molecule has 0 bridgehead atoms. The van der Waals surface area contributed by atoms with Crippen LogP contribution in [0, 0.1) is 46.5 Å². The number of halogens is 14. The third-order valence-electron chi connectivity index (χ3n) is 22.8. The van der Waals surface area contributed by atoms with Gasteiger partial charge in [-0.25, -0.2) is 18.4 Å². The van der Waals surface area contributed by atoms with Gasteiger partial charge in [-0.2, -0.15) is 52.7 Å². The SMILES string of the molecule is CCCCC(CC)Cn1c2ccc(C(=O)/C(=N/OC(C)=O)c3ccccc3OCC(F)(F)C(F)(F)C(F)(F)C(F)F)cc2c2cc(C(=O)c3cc(C)c(CCCCCC(CC)Cn4c5ccc(C(=O)/C(=N/OC(C)=O)c6ccc(OCC(F)(F)F)cc6OCC(F)(F)F)cc5c5cc(C(=O)c6c(C)cc(C)cc6C)c6ccccc6c54)cc3C)c3ccccc3c21. The summed E-state index contributed by atoms with van der Waals surface area (Å²) < 4.78 is 214. The van der Waals surface area contributed by atoms with E-state index in [0.29, 0.717) is 108 Å². The highest BCUT2D eigenvalue weighted by Gasteiger charge is 2.75. The van der Waals surface area contributed by atoms with Crippen LogP contribution < -0.4 is 14.2 Å². The number of nitrogens with zero attached hydrogens (tertiary/aromatic N) is 4. The first-order valence-electron chi connectivity index (χ1n) is 41.1. The summed E-state index contributed by atoms with van der Waals surface area (Å²) in [4.78, 5) is 95.5. The Morgan fingerprint density at radius 3 is 1.40 bits per heavy atom. The monoisotopic (exact) mass is 1750 g/mol. The van der Waals surface area contributed by atoms with Crippen molar-refractivity contribution in [2.75, 3.05) is 19.8 Å². The summed E-state index contributed by atoms with van der Waals surface area (Å²) in [6, 6.07) is 42.5. The van der Waals surface area contributed by atoms with Gasteiger partial charge < -0.3 is 33.0 Å². The number of unbranched alkanes of at least 4 members (excludes halogenated alkanes) is 3. The molecule has 126 heavy (non-hydrogen) atoms. The van der Waals surface area contributed by atoms with Gasteiger partial charge in [0.1, 0.15) is 17.2 Å². The lowest BCUT2D eigenvalue weighted by Crippen LogP contribution is -2.59. The Balaban J connectivity index is 0.844. The zero-order valence-corrected chi connectivity index (χ0v) is 70.5. The predicted molar refractivity (Wildman–Crippen MR) is 454 cm³/mol.